The number of rotatable bonds is 7. The third-order valence-electron chi connectivity index (χ3n) is 2.88. The van der Waals surface area contributed by atoms with Crippen LogP contribution < -0.4 is 20.7 Å². The van der Waals surface area contributed by atoms with Crippen molar-refractivity contribution in [3.05, 3.63) is 29.8 Å². The van der Waals surface area contributed by atoms with Crippen LogP contribution in [-0.2, 0) is 9.53 Å². The highest BCUT2D eigenvalue weighted by molar-refractivity contribution is 5.94. The Bertz CT molecular complexity index is 593. The molecule has 0 aromatic heterocycles. The van der Waals surface area contributed by atoms with Gasteiger partial charge in [0.2, 0.25) is 5.91 Å². The second kappa shape index (κ2) is 9.51. The van der Waals surface area contributed by atoms with Gasteiger partial charge in [-0.2, -0.15) is 0 Å². The molecule has 0 spiro atoms. The second-order valence-electron chi connectivity index (χ2n) is 6.19. The summed E-state index contributed by atoms with van der Waals surface area (Å²) in [6, 6.07) is 6.69. The highest BCUT2D eigenvalue weighted by Gasteiger charge is 2.16. The summed E-state index contributed by atoms with van der Waals surface area (Å²) in [6.45, 7) is 5.52. The average molecular weight is 351 g/mol. The number of hydrogen-bond acceptors (Lipinski definition) is 5. The lowest BCUT2D eigenvalue weighted by Gasteiger charge is -2.19. The highest BCUT2D eigenvalue weighted by atomic mass is 16.6. The molecule has 0 heterocycles. The van der Waals surface area contributed by atoms with E-state index in [9.17, 15) is 14.4 Å². The minimum Gasteiger partial charge on any atom is -0.497 e. The third kappa shape index (κ3) is 8.59. The Morgan fingerprint density at radius 1 is 0.960 bits per heavy atom. The second-order valence-corrected chi connectivity index (χ2v) is 6.19. The van der Waals surface area contributed by atoms with Crippen molar-refractivity contribution < 1.29 is 23.9 Å². The fraction of sp³-hybridized carbons (Fsp3) is 0.471. The van der Waals surface area contributed by atoms with Crippen LogP contribution in [-0.4, -0.2) is 50.3 Å². The maximum absolute atomic E-state index is 11.9. The van der Waals surface area contributed by atoms with Crippen molar-refractivity contribution in [1.29, 1.82) is 0 Å². The van der Waals surface area contributed by atoms with Crippen LogP contribution in [0.15, 0.2) is 24.3 Å². The van der Waals surface area contributed by atoms with Crippen LogP contribution in [0.3, 0.4) is 0 Å². The van der Waals surface area contributed by atoms with Gasteiger partial charge in [-0.25, -0.2) is 4.79 Å². The summed E-state index contributed by atoms with van der Waals surface area (Å²) in [5, 5.41) is 7.62. The number of carbonyl (C=O) groups is 3. The van der Waals surface area contributed by atoms with Gasteiger partial charge in [-0.05, 0) is 45.0 Å². The summed E-state index contributed by atoms with van der Waals surface area (Å²) < 4.78 is 10.0. The Hall–Kier alpha value is -2.77. The summed E-state index contributed by atoms with van der Waals surface area (Å²) in [5.41, 5.74) is -0.120. The van der Waals surface area contributed by atoms with Crippen molar-refractivity contribution in [2.45, 2.75) is 26.4 Å². The standard InChI is InChI=1S/C17H25N3O5/c1-17(2,3)25-16(23)20-11-14(21)18-9-10-19-15(22)12-5-7-13(24-4)8-6-12/h5-8H,9-11H2,1-4H3,(H,18,21)(H,19,22)(H,20,23). The lowest BCUT2D eigenvalue weighted by molar-refractivity contribution is -0.120. The summed E-state index contributed by atoms with van der Waals surface area (Å²) in [5.74, 6) is 0.0506. The molecule has 0 atom stereocenters. The maximum atomic E-state index is 11.9. The number of methoxy groups -OCH3 is 1. The minimum absolute atomic E-state index is 0.193. The monoisotopic (exact) mass is 351 g/mol. The van der Waals surface area contributed by atoms with Gasteiger partial charge in [0.05, 0.1) is 13.7 Å². The van der Waals surface area contributed by atoms with Gasteiger partial charge in [0, 0.05) is 18.7 Å². The van der Waals surface area contributed by atoms with E-state index in [0.29, 0.717) is 11.3 Å². The molecule has 138 valence electrons. The van der Waals surface area contributed by atoms with Crippen molar-refractivity contribution >= 4 is 17.9 Å². The van der Waals surface area contributed by atoms with Gasteiger partial charge < -0.3 is 25.4 Å². The lowest BCUT2D eigenvalue weighted by Crippen LogP contribution is -2.42. The van der Waals surface area contributed by atoms with Gasteiger partial charge in [0.15, 0.2) is 0 Å². The Balaban J connectivity index is 2.20. The van der Waals surface area contributed by atoms with E-state index in [1.807, 2.05) is 0 Å². The summed E-state index contributed by atoms with van der Waals surface area (Å²) in [4.78, 5) is 34.9. The molecule has 1 aromatic rings. The van der Waals surface area contributed by atoms with Crippen LogP contribution in [0.5, 0.6) is 5.75 Å². The normalized spacial score (nSPS) is 10.6. The first-order valence-electron chi connectivity index (χ1n) is 7.87. The van der Waals surface area contributed by atoms with Crippen LogP contribution in [0, 0.1) is 0 Å². The Morgan fingerprint density at radius 3 is 2.12 bits per heavy atom. The van der Waals surface area contributed by atoms with E-state index in [4.69, 9.17) is 9.47 Å². The van der Waals surface area contributed by atoms with Gasteiger partial charge in [0.25, 0.3) is 5.91 Å². The zero-order valence-electron chi connectivity index (χ0n) is 15.0. The molecule has 0 saturated carbocycles. The quantitative estimate of drug-likeness (QED) is 0.637. The molecule has 8 heteroatoms. The summed E-state index contributed by atoms with van der Waals surface area (Å²) in [7, 11) is 1.55. The molecule has 8 nitrogen and oxygen atoms in total. The van der Waals surface area contributed by atoms with Gasteiger partial charge in [-0.15, -0.1) is 0 Å². The number of carbonyl (C=O) groups excluding carboxylic acids is 3. The smallest absolute Gasteiger partial charge is 0.408 e. The molecular weight excluding hydrogens is 326 g/mol. The van der Waals surface area contributed by atoms with Crippen LogP contribution in [0.2, 0.25) is 0 Å². The molecule has 0 unspecified atom stereocenters. The summed E-state index contributed by atoms with van der Waals surface area (Å²) >= 11 is 0. The van der Waals surface area contributed by atoms with E-state index in [2.05, 4.69) is 16.0 Å². The number of ether oxygens (including phenoxy) is 2. The molecule has 3 N–H and O–H groups in total. The lowest BCUT2D eigenvalue weighted by atomic mass is 10.2. The van der Waals surface area contributed by atoms with Crippen LogP contribution in [0.1, 0.15) is 31.1 Å². The van der Waals surface area contributed by atoms with E-state index in [1.54, 1.807) is 52.1 Å². The number of amides is 3. The largest absolute Gasteiger partial charge is 0.497 e. The Morgan fingerprint density at radius 2 is 1.56 bits per heavy atom. The molecule has 0 aliphatic heterocycles. The van der Waals surface area contributed by atoms with Crippen molar-refractivity contribution in [2.24, 2.45) is 0 Å². The predicted octanol–water partition coefficient (Wildman–Crippen LogP) is 1.07. The first-order valence-corrected chi connectivity index (χ1v) is 7.87. The molecule has 25 heavy (non-hydrogen) atoms. The molecule has 0 bridgehead atoms. The van der Waals surface area contributed by atoms with Crippen molar-refractivity contribution in [2.75, 3.05) is 26.7 Å². The van der Waals surface area contributed by atoms with Crippen molar-refractivity contribution in [3.63, 3.8) is 0 Å². The van der Waals surface area contributed by atoms with Crippen LogP contribution in [0.25, 0.3) is 0 Å². The third-order valence-corrected chi connectivity index (χ3v) is 2.88. The fourth-order valence-electron chi connectivity index (χ4n) is 1.75. The van der Waals surface area contributed by atoms with Crippen molar-refractivity contribution in [1.82, 2.24) is 16.0 Å². The Labute approximate surface area is 147 Å². The Kier molecular flexibility index (Phi) is 7.71. The molecule has 3 amide bonds. The van der Waals surface area contributed by atoms with Crippen LogP contribution >= 0.6 is 0 Å². The molecular formula is C17H25N3O5. The topological polar surface area (TPSA) is 106 Å². The van der Waals surface area contributed by atoms with E-state index in [-0.39, 0.29) is 31.4 Å². The zero-order valence-corrected chi connectivity index (χ0v) is 15.0. The van der Waals surface area contributed by atoms with E-state index in [0.717, 1.165) is 0 Å². The predicted molar refractivity (Wildman–Crippen MR) is 92.6 cm³/mol. The van der Waals surface area contributed by atoms with Gasteiger partial charge in [-0.1, -0.05) is 0 Å². The first-order chi connectivity index (χ1) is 11.7. The van der Waals surface area contributed by atoms with Crippen LogP contribution in [0.4, 0.5) is 4.79 Å². The minimum atomic E-state index is -0.657. The van der Waals surface area contributed by atoms with E-state index in [1.165, 1.54) is 0 Å². The molecule has 0 saturated heterocycles. The molecule has 0 aliphatic rings. The number of alkyl carbamates (subject to hydrolysis) is 1. The van der Waals surface area contributed by atoms with E-state index < -0.39 is 11.7 Å². The number of hydrogen-bond donors (Lipinski definition) is 3. The number of nitrogens with one attached hydrogen (secondary N) is 3. The molecule has 0 radical (unpaired) electrons. The van der Waals surface area contributed by atoms with Gasteiger partial charge in [-0.3, -0.25) is 9.59 Å². The molecule has 0 fully saturated rings. The maximum Gasteiger partial charge on any atom is 0.408 e. The molecule has 1 aromatic carbocycles. The molecule has 0 aliphatic carbocycles. The SMILES string of the molecule is COc1ccc(C(=O)NCCNC(=O)CNC(=O)OC(C)(C)C)cc1. The fourth-order valence-corrected chi connectivity index (χ4v) is 1.75. The first kappa shape index (κ1) is 20.3. The average Bonchev–Trinajstić information content (AvgIpc) is 2.55. The van der Waals surface area contributed by atoms with E-state index >= 15 is 0 Å². The van der Waals surface area contributed by atoms with Crippen molar-refractivity contribution in [3.8, 4) is 5.75 Å². The number of benzene rings is 1. The highest BCUT2D eigenvalue weighted by Crippen LogP contribution is 2.10. The van der Waals surface area contributed by atoms with Gasteiger partial charge >= 0.3 is 6.09 Å². The summed E-state index contributed by atoms with van der Waals surface area (Å²) in [6.07, 6.45) is -0.657. The molecule has 1 rings (SSSR count). The zero-order chi connectivity index (χ0) is 18.9. The van der Waals surface area contributed by atoms with Gasteiger partial charge in [0.1, 0.15) is 11.4 Å².